The Labute approximate surface area is 298 Å². The molecule has 16 nitrogen and oxygen atoms in total. The van der Waals surface area contributed by atoms with E-state index >= 15 is 0 Å². The third kappa shape index (κ3) is 7.26. The lowest BCUT2D eigenvalue weighted by Crippen LogP contribution is -2.50. The van der Waals surface area contributed by atoms with Gasteiger partial charge < -0.3 is 45.9 Å². The molecule has 0 aliphatic carbocycles. The number of rotatable bonds is 13. The van der Waals surface area contributed by atoms with Crippen molar-refractivity contribution >= 4 is 34.8 Å². The Hall–Kier alpha value is -5.58. The van der Waals surface area contributed by atoms with E-state index in [2.05, 4.69) is 25.6 Å². The minimum Gasteiger partial charge on any atom is -0.507 e. The van der Waals surface area contributed by atoms with Crippen LogP contribution in [0.3, 0.4) is 0 Å². The fourth-order valence-electron chi connectivity index (χ4n) is 6.55. The van der Waals surface area contributed by atoms with Crippen LogP contribution in [0.25, 0.3) is 11.2 Å². The first kappa shape index (κ1) is 36.2. The highest BCUT2D eigenvalue weighted by Gasteiger charge is 2.44. The molecule has 0 saturated carbocycles. The van der Waals surface area contributed by atoms with Gasteiger partial charge in [-0.3, -0.25) is 14.2 Å². The number of aliphatic hydroxyl groups excluding tert-OH is 2. The Balaban J connectivity index is 1.08. The predicted molar refractivity (Wildman–Crippen MR) is 186 cm³/mol. The fraction of sp³-hybridized carbons (Fsp3) is 0.389. The normalized spacial score (nSPS) is 20.4. The number of amides is 2. The Morgan fingerprint density at radius 3 is 2.67 bits per heavy atom. The average Bonchev–Trinajstić information content (AvgIpc) is 3.83. The van der Waals surface area contributed by atoms with Crippen molar-refractivity contribution in [1.82, 2.24) is 30.2 Å². The van der Waals surface area contributed by atoms with Gasteiger partial charge in [0, 0.05) is 30.5 Å². The average molecular weight is 716 g/mol. The highest BCUT2D eigenvalue weighted by atomic mass is 16.6. The summed E-state index contributed by atoms with van der Waals surface area (Å²) in [5, 5.41) is 38.1. The molecule has 6 rings (SSSR count). The Morgan fingerprint density at radius 1 is 1.15 bits per heavy atom. The number of nitrogens with one attached hydrogen (secondary N) is 2. The fourth-order valence-corrected chi connectivity index (χ4v) is 6.55. The molecule has 0 spiro atoms. The monoisotopic (exact) mass is 715 g/mol. The van der Waals surface area contributed by atoms with Gasteiger partial charge in [-0.05, 0) is 37.8 Å². The smallest absolute Gasteiger partial charge is 0.342 e. The van der Waals surface area contributed by atoms with Crippen molar-refractivity contribution in [2.24, 2.45) is 0 Å². The molecular formula is C36H41N7O9. The summed E-state index contributed by atoms with van der Waals surface area (Å²) in [6.45, 7) is 3.58. The molecule has 0 unspecified atom stereocenters. The van der Waals surface area contributed by atoms with Crippen molar-refractivity contribution < 1.29 is 43.9 Å². The summed E-state index contributed by atoms with van der Waals surface area (Å²) < 4.78 is 18.1. The van der Waals surface area contributed by atoms with Crippen molar-refractivity contribution in [3.05, 3.63) is 82.5 Å². The van der Waals surface area contributed by atoms with Crippen molar-refractivity contribution in [3.8, 4) is 11.5 Å². The standard InChI is InChI=1S/C36H41N7O9/c1-18(9-11-21-28(45)26-22(15-51-36(26)49)19(2)31(21)50-3)10-12-25(44)42-23(13-20-7-5-4-6-8-20)34(48)38-14-24-29(46)30(47)35(52-24)43-17-41-27-32(37)39-16-40-33(27)43/h4-9,16-17,23-24,29-30,35,45-47H,10-15H2,1-3H3,(H,38,48)(H,42,44)(H2,37,39,40)/b18-9+/t23-,24-,29-,30-,35-/m1/s1. The molecule has 274 valence electrons. The molecule has 4 heterocycles. The number of methoxy groups -OCH3 is 1. The van der Waals surface area contributed by atoms with E-state index in [1.54, 1.807) is 0 Å². The van der Waals surface area contributed by atoms with Gasteiger partial charge in [0.05, 0.1) is 13.4 Å². The zero-order chi connectivity index (χ0) is 37.1. The Bertz CT molecular complexity index is 2020. The summed E-state index contributed by atoms with van der Waals surface area (Å²) in [6, 6.07) is 8.26. The maximum Gasteiger partial charge on any atom is 0.342 e. The third-order valence-electron chi connectivity index (χ3n) is 9.46. The van der Waals surface area contributed by atoms with Crippen LogP contribution in [-0.4, -0.2) is 90.6 Å². The zero-order valence-electron chi connectivity index (χ0n) is 28.9. The molecule has 2 aliphatic rings. The van der Waals surface area contributed by atoms with Gasteiger partial charge in [0.1, 0.15) is 59.9 Å². The molecule has 5 atom stereocenters. The third-order valence-corrected chi connectivity index (χ3v) is 9.46. The van der Waals surface area contributed by atoms with E-state index in [9.17, 15) is 29.7 Å². The number of cyclic esters (lactones) is 1. The first-order chi connectivity index (χ1) is 25.0. The summed E-state index contributed by atoms with van der Waals surface area (Å²) in [5.41, 5.74) is 10.1. The van der Waals surface area contributed by atoms with Crippen LogP contribution in [-0.2, 0) is 38.5 Å². The molecule has 2 aromatic heterocycles. The lowest BCUT2D eigenvalue weighted by atomic mass is 9.94. The first-order valence-electron chi connectivity index (χ1n) is 16.8. The SMILES string of the molecule is COc1c(C)c2c(c(O)c1C/C=C(\C)CCC(=O)N[C@H](Cc1ccccc1)C(=O)NC[C@H]1O[C@@H](n3cnc4c(N)ncnc43)[C@H](O)[C@@H]1O)C(=O)OC2. The van der Waals surface area contributed by atoms with E-state index in [1.807, 2.05) is 50.3 Å². The van der Waals surface area contributed by atoms with E-state index in [4.69, 9.17) is 19.9 Å². The summed E-state index contributed by atoms with van der Waals surface area (Å²) in [7, 11) is 1.50. The molecule has 2 aromatic carbocycles. The van der Waals surface area contributed by atoms with Gasteiger partial charge in [0.2, 0.25) is 11.8 Å². The predicted octanol–water partition coefficient (Wildman–Crippen LogP) is 1.53. The number of nitrogens with zero attached hydrogens (tertiary/aromatic N) is 4. The maximum atomic E-state index is 13.5. The van der Waals surface area contributed by atoms with Crippen LogP contribution in [0.15, 0.2) is 54.6 Å². The van der Waals surface area contributed by atoms with Gasteiger partial charge in [-0.15, -0.1) is 0 Å². The number of anilines is 1. The number of carbonyl (C=O) groups excluding carboxylic acids is 3. The van der Waals surface area contributed by atoms with Crippen LogP contribution >= 0.6 is 0 Å². The summed E-state index contributed by atoms with van der Waals surface area (Å²) in [6.07, 6.45) is 0.631. The van der Waals surface area contributed by atoms with E-state index in [1.165, 1.54) is 24.3 Å². The van der Waals surface area contributed by atoms with Crippen molar-refractivity contribution in [1.29, 1.82) is 0 Å². The largest absolute Gasteiger partial charge is 0.507 e. The molecule has 1 saturated heterocycles. The van der Waals surface area contributed by atoms with E-state index in [0.29, 0.717) is 34.5 Å². The number of nitrogens with two attached hydrogens (primary N) is 1. The number of hydrogen-bond acceptors (Lipinski definition) is 13. The second kappa shape index (κ2) is 15.3. The number of aromatic nitrogens is 4. The summed E-state index contributed by atoms with van der Waals surface area (Å²) in [4.78, 5) is 51.2. The number of aliphatic hydroxyl groups is 2. The molecule has 16 heteroatoms. The molecule has 7 N–H and O–H groups in total. The van der Waals surface area contributed by atoms with Crippen LogP contribution in [0.5, 0.6) is 11.5 Å². The number of phenolic OH excluding ortho intramolecular Hbond substituents is 1. The van der Waals surface area contributed by atoms with Crippen molar-refractivity contribution in [3.63, 3.8) is 0 Å². The lowest BCUT2D eigenvalue weighted by molar-refractivity contribution is -0.129. The number of esters is 1. The molecule has 1 fully saturated rings. The second-order valence-corrected chi connectivity index (χ2v) is 12.9. The van der Waals surface area contributed by atoms with E-state index < -0.39 is 42.5 Å². The summed E-state index contributed by atoms with van der Waals surface area (Å²) in [5.74, 6) is -0.988. The van der Waals surface area contributed by atoms with Crippen molar-refractivity contribution in [2.45, 2.75) is 76.7 Å². The number of aromatic hydroxyl groups is 1. The van der Waals surface area contributed by atoms with Gasteiger partial charge in [-0.2, -0.15) is 0 Å². The van der Waals surface area contributed by atoms with Crippen molar-refractivity contribution in [2.75, 3.05) is 19.4 Å². The lowest BCUT2D eigenvalue weighted by Gasteiger charge is -2.21. The first-order valence-corrected chi connectivity index (χ1v) is 16.8. The number of ether oxygens (including phenoxy) is 3. The number of imidazole rings is 1. The molecule has 4 aromatic rings. The topological polar surface area (TPSA) is 233 Å². The highest BCUT2D eigenvalue weighted by Crippen LogP contribution is 2.42. The van der Waals surface area contributed by atoms with Crippen LogP contribution < -0.4 is 21.1 Å². The van der Waals surface area contributed by atoms with Crippen LogP contribution in [0.2, 0.25) is 0 Å². The number of carbonyl (C=O) groups is 3. The van der Waals surface area contributed by atoms with E-state index in [-0.39, 0.29) is 55.5 Å². The molecule has 52 heavy (non-hydrogen) atoms. The maximum absolute atomic E-state index is 13.5. The molecule has 2 amide bonds. The number of benzene rings is 2. The minimum absolute atomic E-state index is 0.0742. The quantitative estimate of drug-likeness (QED) is 0.0853. The molecule has 0 bridgehead atoms. The van der Waals surface area contributed by atoms with Gasteiger partial charge in [0.15, 0.2) is 17.7 Å². The van der Waals surface area contributed by atoms with Crippen LogP contribution in [0.1, 0.15) is 58.6 Å². The van der Waals surface area contributed by atoms with Gasteiger partial charge >= 0.3 is 5.97 Å². The number of nitrogen functional groups attached to an aromatic ring is 1. The minimum atomic E-state index is -1.36. The number of fused-ring (bicyclic) bond motifs is 2. The Kier molecular flexibility index (Phi) is 10.7. The Morgan fingerprint density at radius 2 is 1.92 bits per heavy atom. The highest BCUT2D eigenvalue weighted by molar-refractivity contribution is 5.98. The van der Waals surface area contributed by atoms with Gasteiger partial charge in [-0.1, -0.05) is 42.0 Å². The summed E-state index contributed by atoms with van der Waals surface area (Å²) >= 11 is 0. The molecular weight excluding hydrogens is 674 g/mol. The number of allylic oxidation sites excluding steroid dienone is 2. The molecule has 2 aliphatic heterocycles. The zero-order valence-corrected chi connectivity index (χ0v) is 28.9. The molecule has 0 radical (unpaired) electrons. The van der Waals surface area contributed by atoms with Gasteiger partial charge in [-0.25, -0.2) is 19.7 Å². The van der Waals surface area contributed by atoms with E-state index in [0.717, 1.165) is 16.7 Å². The second-order valence-electron chi connectivity index (χ2n) is 12.9. The van der Waals surface area contributed by atoms with Crippen LogP contribution in [0.4, 0.5) is 5.82 Å². The van der Waals surface area contributed by atoms with Gasteiger partial charge in [0.25, 0.3) is 0 Å². The number of hydrogen-bond donors (Lipinski definition) is 6. The van der Waals surface area contributed by atoms with Crippen LogP contribution in [0, 0.1) is 6.92 Å². The number of phenols is 1.